The summed E-state index contributed by atoms with van der Waals surface area (Å²) in [6.07, 6.45) is 0. The average Bonchev–Trinajstić information content (AvgIpc) is 2.18. The third-order valence-electron chi connectivity index (χ3n) is 1.94. The molecule has 0 aliphatic heterocycles. The van der Waals surface area contributed by atoms with Crippen LogP contribution in [-0.4, -0.2) is 15.9 Å². The summed E-state index contributed by atoms with van der Waals surface area (Å²) in [7, 11) is 0. The maximum absolute atomic E-state index is 10.8. The lowest BCUT2D eigenvalue weighted by molar-refractivity contribution is -0.132. The molecule has 0 saturated carbocycles. The van der Waals surface area contributed by atoms with Gasteiger partial charge in [-0.2, -0.15) is 0 Å². The van der Waals surface area contributed by atoms with Crippen LogP contribution in [0, 0.1) is 6.92 Å². The molecule has 0 radical (unpaired) electrons. The molecular weight excluding hydrogens is 192 g/mol. The number of carbonyl (C=O) groups excluding carboxylic acids is 1. The number of aryl methyl sites for hydroxylation is 1. The molecule has 1 aromatic carbocycles. The first-order valence-corrected chi connectivity index (χ1v) is 4.58. The van der Waals surface area contributed by atoms with Gasteiger partial charge in [-0.1, -0.05) is 12.1 Å². The SMILES string of the molecule is CC(=O)Oc1nc2ccccc2nc1C. The number of hydrogen-bond donors (Lipinski definition) is 0. The van der Waals surface area contributed by atoms with Crippen LogP contribution >= 0.6 is 0 Å². The summed E-state index contributed by atoms with van der Waals surface area (Å²) >= 11 is 0. The maximum atomic E-state index is 10.8. The van der Waals surface area contributed by atoms with E-state index in [1.165, 1.54) is 6.92 Å². The number of ether oxygens (including phenoxy) is 1. The van der Waals surface area contributed by atoms with E-state index >= 15 is 0 Å². The fraction of sp³-hybridized carbons (Fsp3) is 0.182. The molecule has 0 amide bonds. The van der Waals surface area contributed by atoms with E-state index in [1.54, 1.807) is 6.92 Å². The zero-order chi connectivity index (χ0) is 10.8. The van der Waals surface area contributed by atoms with Gasteiger partial charge in [0.15, 0.2) is 0 Å². The lowest BCUT2D eigenvalue weighted by Crippen LogP contribution is -2.05. The van der Waals surface area contributed by atoms with Gasteiger partial charge in [-0.05, 0) is 19.1 Å². The summed E-state index contributed by atoms with van der Waals surface area (Å²) in [5.74, 6) is -0.108. The van der Waals surface area contributed by atoms with Crippen LogP contribution in [0.3, 0.4) is 0 Å². The highest BCUT2D eigenvalue weighted by molar-refractivity contribution is 5.76. The van der Waals surface area contributed by atoms with E-state index in [0.717, 1.165) is 11.0 Å². The van der Waals surface area contributed by atoms with Crippen LogP contribution in [0.1, 0.15) is 12.6 Å². The zero-order valence-corrected chi connectivity index (χ0v) is 8.52. The Morgan fingerprint density at radius 3 is 2.40 bits per heavy atom. The third kappa shape index (κ3) is 1.93. The van der Waals surface area contributed by atoms with Crippen LogP contribution in [0.15, 0.2) is 24.3 Å². The molecule has 1 heterocycles. The Morgan fingerprint density at radius 2 is 1.80 bits per heavy atom. The normalized spacial score (nSPS) is 10.3. The molecule has 2 rings (SSSR count). The second-order valence-electron chi connectivity index (χ2n) is 3.20. The minimum atomic E-state index is -0.386. The highest BCUT2D eigenvalue weighted by atomic mass is 16.5. The van der Waals surface area contributed by atoms with Gasteiger partial charge < -0.3 is 4.74 Å². The smallest absolute Gasteiger partial charge is 0.309 e. The molecule has 0 saturated heterocycles. The fourth-order valence-electron chi connectivity index (χ4n) is 1.30. The molecular formula is C11H10N2O2. The number of benzene rings is 1. The standard InChI is InChI=1S/C11H10N2O2/c1-7-11(15-8(2)14)13-10-6-4-3-5-9(10)12-7/h3-6H,1-2H3. The van der Waals surface area contributed by atoms with Crippen molar-refractivity contribution in [2.45, 2.75) is 13.8 Å². The molecule has 4 heteroatoms. The van der Waals surface area contributed by atoms with Crippen LogP contribution in [0.5, 0.6) is 5.88 Å². The first-order chi connectivity index (χ1) is 7.16. The lowest BCUT2D eigenvalue weighted by atomic mass is 10.3. The van der Waals surface area contributed by atoms with E-state index in [9.17, 15) is 4.79 Å². The fourth-order valence-corrected chi connectivity index (χ4v) is 1.30. The highest BCUT2D eigenvalue weighted by Gasteiger charge is 2.07. The molecule has 0 bridgehead atoms. The van der Waals surface area contributed by atoms with Crippen LogP contribution in [0.25, 0.3) is 11.0 Å². The molecule has 0 fully saturated rings. The average molecular weight is 202 g/mol. The number of carbonyl (C=O) groups is 1. The van der Waals surface area contributed by atoms with Gasteiger partial charge in [-0.15, -0.1) is 0 Å². The molecule has 0 aliphatic rings. The summed E-state index contributed by atoms with van der Waals surface area (Å²) in [4.78, 5) is 19.3. The van der Waals surface area contributed by atoms with E-state index in [1.807, 2.05) is 24.3 Å². The van der Waals surface area contributed by atoms with Gasteiger partial charge in [0.05, 0.1) is 11.0 Å². The second-order valence-corrected chi connectivity index (χ2v) is 3.20. The van der Waals surface area contributed by atoms with Crippen molar-refractivity contribution in [3.63, 3.8) is 0 Å². The van der Waals surface area contributed by atoms with Gasteiger partial charge in [0.2, 0.25) is 5.88 Å². The zero-order valence-electron chi connectivity index (χ0n) is 8.52. The predicted molar refractivity (Wildman–Crippen MR) is 55.6 cm³/mol. The van der Waals surface area contributed by atoms with Crippen LogP contribution in [0.2, 0.25) is 0 Å². The number of esters is 1. The van der Waals surface area contributed by atoms with Crippen molar-refractivity contribution in [1.82, 2.24) is 9.97 Å². The minimum absolute atomic E-state index is 0.279. The molecule has 76 valence electrons. The van der Waals surface area contributed by atoms with E-state index in [0.29, 0.717) is 5.69 Å². The number of nitrogens with zero attached hydrogens (tertiary/aromatic N) is 2. The molecule has 0 atom stereocenters. The van der Waals surface area contributed by atoms with Crippen molar-refractivity contribution in [2.75, 3.05) is 0 Å². The molecule has 0 unspecified atom stereocenters. The predicted octanol–water partition coefficient (Wildman–Crippen LogP) is 1.86. The molecule has 0 aliphatic carbocycles. The molecule has 4 nitrogen and oxygen atoms in total. The van der Waals surface area contributed by atoms with Crippen molar-refractivity contribution < 1.29 is 9.53 Å². The van der Waals surface area contributed by atoms with Crippen LogP contribution in [-0.2, 0) is 4.79 Å². The summed E-state index contributed by atoms with van der Waals surface area (Å²) in [5.41, 5.74) is 2.13. The van der Waals surface area contributed by atoms with Gasteiger partial charge in [0.25, 0.3) is 0 Å². The molecule has 15 heavy (non-hydrogen) atoms. The van der Waals surface area contributed by atoms with Crippen molar-refractivity contribution in [1.29, 1.82) is 0 Å². The monoisotopic (exact) mass is 202 g/mol. The Labute approximate surface area is 86.9 Å². The summed E-state index contributed by atoms with van der Waals surface area (Å²) in [5, 5.41) is 0. The van der Waals surface area contributed by atoms with Crippen LogP contribution < -0.4 is 4.74 Å². The topological polar surface area (TPSA) is 52.1 Å². The second kappa shape index (κ2) is 3.65. The molecule has 0 N–H and O–H groups in total. The Hall–Kier alpha value is -1.97. The van der Waals surface area contributed by atoms with Gasteiger partial charge in [-0.3, -0.25) is 4.79 Å². The summed E-state index contributed by atoms with van der Waals surface area (Å²) in [6.45, 7) is 3.11. The minimum Gasteiger partial charge on any atom is -0.406 e. The van der Waals surface area contributed by atoms with Crippen molar-refractivity contribution >= 4 is 17.0 Å². The summed E-state index contributed by atoms with van der Waals surface area (Å²) < 4.78 is 4.94. The Morgan fingerprint density at radius 1 is 1.20 bits per heavy atom. The number of para-hydroxylation sites is 2. The van der Waals surface area contributed by atoms with Crippen molar-refractivity contribution in [2.24, 2.45) is 0 Å². The van der Waals surface area contributed by atoms with Crippen molar-refractivity contribution in [3.8, 4) is 5.88 Å². The van der Waals surface area contributed by atoms with E-state index in [2.05, 4.69) is 9.97 Å². The largest absolute Gasteiger partial charge is 0.406 e. The molecule has 0 spiro atoms. The quantitative estimate of drug-likeness (QED) is 0.662. The number of aromatic nitrogens is 2. The maximum Gasteiger partial charge on any atom is 0.309 e. The Bertz CT molecular complexity index is 523. The van der Waals surface area contributed by atoms with Crippen LogP contribution in [0.4, 0.5) is 0 Å². The third-order valence-corrected chi connectivity index (χ3v) is 1.94. The first-order valence-electron chi connectivity index (χ1n) is 4.58. The molecule has 2 aromatic rings. The Kier molecular flexibility index (Phi) is 2.33. The molecule has 1 aromatic heterocycles. The number of hydrogen-bond acceptors (Lipinski definition) is 4. The highest BCUT2D eigenvalue weighted by Crippen LogP contribution is 2.17. The van der Waals surface area contributed by atoms with E-state index < -0.39 is 0 Å². The lowest BCUT2D eigenvalue weighted by Gasteiger charge is -2.04. The van der Waals surface area contributed by atoms with Gasteiger partial charge in [0.1, 0.15) is 5.69 Å². The summed E-state index contributed by atoms with van der Waals surface area (Å²) in [6, 6.07) is 7.45. The Balaban J connectivity index is 2.56. The van der Waals surface area contributed by atoms with Gasteiger partial charge >= 0.3 is 5.97 Å². The first kappa shape index (κ1) is 9.58. The van der Waals surface area contributed by atoms with Crippen molar-refractivity contribution in [3.05, 3.63) is 30.0 Å². The number of rotatable bonds is 1. The van der Waals surface area contributed by atoms with Gasteiger partial charge in [0, 0.05) is 6.92 Å². The van der Waals surface area contributed by atoms with E-state index in [-0.39, 0.29) is 11.8 Å². The van der Waals surface area contributed by atoms with Gasteiger partial charge in [-0.25, -0.2) is 9.97 Å². The number of fused-ring (bicyclic) bond motifs is 1. The van der Waals surface area contributed by atoms with E-state index in [4.69, 9.17) is 4.74 Å².